The van der Waals surface area contributed by atoms with E-state index < -0.39 is 17.9 Å². The van der Waals surface area contributed by atoms with Gasteiger partial charge in [-0.25, -0.2) is 5.01 Å². The average Bonchev–Trinajstić information content (AvgIpc) is 3.32. The number of nitrogens with one attached hydrogen (secondary N) is 1. The third-order valence-electron chi connectivity index (χ3n) is 6.33. The number of carboxylic acid groups (broad SMARTS) is 1. The van der Waals surface area contributed by atoms with Crippen LogP contribution in [0.3, 0.4) is 0 Å². The molecule has 1 atom stereocenters. The Balaban J connectivity index is 1.70. The van der Waals surface area contributed by atoms with Gasteiger partial charge in [0.25, 0.3) is 5.56 Å². The maximum atomic E-state index is 13.5. The van der Waals surface area contributed by atoms with Crippen LogP contribution in [0.2, 0.25) is 10.0 Å². The molecule has 4 aromatic rings. The van der Waals surface area contributed by atoms with E-state index in [1.807, 2.05) is 36.4 Å². The smallest absolute Gasteiger partial charge is 0.303 e. The number of carboxylic acids is 1. The number of hydrazone groups is 1. The first kappa shape index (κ1) is 24.7. The van der Waals surface area contributed by atoms with Crippen LogP contribution >= 0.6 is 23.2 Å². The van der Waals surface area contributed by atoms with Crippen molar-refractivity contribution in [2.24, 2.45) is 5.10 Å². The quantitative estimate of drug-likeness (QED) is 0.315. The summed E-state index contributed by atoms with van der Waals surface area (Å²) in [5.74, 6) is -1.55. The molecule has 2 N–H and O–H groups in total. The number of hydrogen-bond donors (Lipinski definition) is 2. The zero-order valence-electron chi connectivity index (χ0n) is 19.4. The van der Waals surface area contributed by atoms with Crippen molar-refractivity contribution in [3.05, 3.63) is 104 Å². The van der Waals surface area contributed by atoms with E-state index in [-0.39, 0.29) is 24.8 Å². The van der Waals surface area contributed by atoms with Crippen molar-refractivity contribution in [1.82, 2.24) is 9.99 Å². The lowest BCUT2D eigenvalue weighted by Crippen LogP contribution is -2.27. The number of nitrogens with zero attached hydrogens (tertiary/aromatic N) is 2. The van der Waals surface area contributed by atoms with Gasteiger partial charge in [-0.05, 0) is 35.4 Å². The molecule has 0 saturated carbocycles. The highest BCUT2D eigenvalue weighted by Crippen LogP contribution is 2.39. The predicted molar refractivity (Wildman–Crippen MR) is 144 cm³/mol. The van der Waals surface area contributed by atoms with Crippen molar-refractivity contribution in [2.75, 3.05) is 0 Å². The van der Waals surface area contributed by atoms with Gasteiger partial charge in [0.15, 0.2) is 0 Å². The first-order chi connectivity index (χ1) is 17.8. The molecule has 0 fully saturated rings. The van der Waals surface area contributed by atoms with Gasteiger partial charge in [0, 0.05) is 39.4 Å². The van der Waals surface area contributed by atoms with Gasteiger partial charge in [-0.3, -0.25) is 14.4 Å². The minimum atomic E-state index is -1.08. The molecule has 0 unspecified atom stereocenters. The Bertz CT molecular complexity index is 1610. The number of aliphatic carboxylic acids is 1. The lowest BCUT2D eigenvalue weighted by molar-refractivity contribution is -0.141. The number of para-hydroxylation sites is 1. The number of amides is 1. The minimum Gasteiger partial charge on any atom is -0.481 e. The number of carbonyl (C=O) groups excluding carboxylic acids is 1. The number of carbonyl (C=O) groups is 2. The first-order valence-electron chi connectivity index (χ1n) is 11.6. The molecule has 1 aliphatic heterocycles. The van der Waals surface area contributed by atoms with E-state index in [4.69, 9.17) is 28.3 Å². The molecule has 37 heavy (non-hydrogen) atoms. The van der Waals surface area contributed by atoms with Gasteiger partial charge < -0.3 is 10.1 Å². The zero-order chi connectivity index (χ0) is 26.1. The maximum absolute atomic E-state index is 13.5. The molecule has 3 aromatic carbocycles. The lowest BCUT2D eigenvalue weighted by Gasteiger charge is -2.22. The monoisotopic (exact) mass is 533 g/mol. The molecule has 2 heterocycles. The van der Waals surface area contributed by atoms with E-state index in [0.29, 0.717) is 38.0 Å². The molecule has 1 aliphatic rings. The number of rotatable bonds is 6. The average molecular weight is 534 g/mol. The molecular weight excluding hydrogens is 513 g/mol. The maximum Gasteiger partial charge on any atom is 0.303 e. The zero-order valence-corrected chi connectivity index (χ0v) is 21.0. The summed E-state index contributed by atoms with van der Waals surface area (Å²) in [5, 5.41) is 16.8. The molecule has 0 spiro atoms. The Hall–Kier alpha value is -3.94. The standard InChI is InChI=1S/C28H21Cl2N3O4/c29-17-11-9-16(10-12-17)26-19-6-2-4-8-21(19)31-28(37)27(26)22-15-23(18-5-1-3-7-20(18)30)33(32-22)24(34)13-14-25(35)36/h1-12,23H,13-15H2,(H,31,37)(H,35,36)/t23-/m0/s1. The van der Waals surface area contributed by atoms with Crippen LogP contribution in [0, 0.1) is 0 Å². The molecule has 0 radical (unpaired) electrons. The number of aromatic amines is 1. The summed E-state index contributed by atoms with van der Waals surface area (Å²) in [6.07, 6.45) is -0.336. The van der Waals surface area contributed by atoms with Gasteiger partial charge in [-0.2, -0.15) is 5.10 Å². The van der Waals surface area contributed by atoms with Crippen LogP contribution in [-0.2, 0) is 9.59 Å². The van der Waals surface area contributed by atoms with Crippen LogP contribution in [-0.4, -0.2) is 32.7 Å². The van der Waals surface area contributed by atoms with Crippen molar-refractivity contribution in [2.45, 2.75) is 25.3 Å². The third kappa shape index (κ3) is 4.88. The molecule has 0 bridgehead atoms. The van der Waals surface area contributed by atoms with Crippen molar-refractivity contribution < 1.29 is 14.7 Å². The van der Waals surface area contributed by atoms with Gasteiger partial charge in [-0.1, -0.05) is 71.7 Å². The van der Waals surface area contributed by atoms with E-state index in [0.717, 1.165) is 10.9 Å². The fourth-order valence-electron chi connectivity index (χ4n) is 4.64. The normalized spacial score (nSPS) is 15.1. The van der Waals surface area contributed by atoms with Crippen LogP contribution in [0.15, 0.2) is 82.7 Å². The van der Waals surface area contributed by atoms with Gasteiger partial charge in [0.1, 0.15) is 0 Å². The lowest BCUT2D eigenvalue weighted by atomic mass is 9.91. The molecule has 0 saturated heterocycles. The highest BCUT2D eigenvalue weighted by molar-refractivity contribution is 6.31. The third-order valence-corrected chi connectivity index (χ3v) is 6.92. The minimum absolute atomic E-state index is 0.227. The molecule has 1 aromatic heterocycles. The number of H-pyrrole nitrogens is 1. The van der Waals surface area contributed by atoms with Crippen molar-refractivity contribution in [3.63, 3.8) is 0 Å². The van der Waals surface area contributed by atoms with E-state index >= 15 is 0 Å². The fourth-order valence-corrected chi connectivity index (χ4v) is 5.03. The Morgan fingerprint density at radius 3 is 2.38 bits per heavy atom. The number of halogens is 2. The van der Waals surface area contributed by atoms with Crippen LogP contribution in [0.1, 0.15) is 36.4 Å². The van der Waals surface area contributed by atoms with Crippen LogP contribution in [0.4, 0.5) is 0 Å². The highest BCUT2D eigenvalue weighted by atomic mass is 35.5. The molecule has 9 heteroatoms. The Labute approximate surface area is 222 Å². The summed E-state index contributed by atoms with van der Waals surface area (Å²) < 4.78 is 0. The van der Waals surface area contributed by atoms with Gasteiger partial charge in [0.2, 0.25) is 5.91 Å². The predicted octanol–water partition coefficient (Wildman–Crippen LogP) is 6.04. The van der Waals surface area contributed by atoms with Crippen molar-refractivity contribution in [3.8, 4) is 11.1 Å². The topological polar surface area (TPSA) is 103 Å². The Morgan fingerprint density at radius 1 is 0.946 bits per heavy atom. The molecule has 1 amide bonds. The summed E-state index contributed by atoms with van der Waals surface area (Å²) in [4.78, 5) is 40.7. The first-order valence-corrected chi connectivity index (χ1v) is 12.4. The largest absolute Gasteiger partial charge is 0.481 e. The highest BCUT2D eigenvalue weighted by Gasteiger charge is 2.36. The van der Waals surface area contributed by atoms with E-state index in [1.54, 1.807) is 36.4 Å². The van der Waals surface area contributed by atoms with Crippen molar-refractivity contribution in [1.29, 1.82) is 0 Å². The number of hydrogen-bond acceptors (Lipinski definition) is 4. The summed E-state index contributed by atoms with van der Waals surface area (Å²) in [5.41, 5.74) is 3.17. The fraction of sp³-hybridized carbons (Fsp3) is 0.143. The second kappa shape index (κ2) is 10.2. The molecular formula is C28H21Cl2N3O4. The summed E-state index contributed by atoms with van der Waals surface area (Å²) in [6.45, 7) is 0. The summed E-state index contributed by atoms with van der Waals surface area (Å²) in [6, 6.07) is 21.2. The van der Waals surface area contributed by atoms with Gasteiger partial charge >= 0.3 is 5.97 Å². The van der Waals surface area contributed by atoms with E-state index in [9.17, 15) is 14.4 Å². The van der Waals surface area contributed by atoms with Crippen LogP contribution in [0.25, 0.3) is 22.0 Å². The Morgan fingerprint density at radius 2 is 1.65 bits per heavy atom. The van der Waals surface area contributed by atoms with Crippen LogP contribution in [0.5, 0.6) is 0 Å². The molecule has 7 nitrogen and oxygen atoms in total. The van der Waals surface area contributed by atoms with Gasteiger partial charge in [-0.15, -0.1) is 0 Å². The van der Waals surface area contributed by atoms with Crippen molar-refractivity contribution >= 4 is 51.7 Å². The van der Waals surface area contributed by atoms with E-state index in [2.05, 4.69) is 10.1 Å². The number of pyridine rings is 1. The molecule has 0 aliphatic carbocycles. The number of aromatic nitrogens is 1. The molecule has 186 valence electrons. The SMILES string of the molecule is O=C(O)CCC(=O)N1N=C(c2c(-c3ccc(Cl)cc3)c3ccccc3[nH]c2=O)C[C@H]1c1ccccc1Cl. The number of fused-ring (bicyclic) bond motifs is 1. The van der Waals surface area contributed by atoms with Gasteiger partial charge in [0.05, 0.1) is 23.7 Å². The van der Waals surface area contributed by atoms with E-state index in [1.165, 1.54) is 5.01 Å². The summed E-state index contributed by atoms with van der Waals surface area (Å²) >= 11 is 12.6. The number of benzene rings is 3. The Kier molecular flexibility index (Phi) is 6.82. The summed E-state index contributed by atoms with van der Waals surface area (Å²) in [7, 11) is 0. The second-order valence-corrected chi connectivity index (χ2v) is 9.52. The van der Waals surface area contributed by atoms with Crippen LogP contribution < -0.4 is 5.56 Å². The second-order valence-electron chi connectivity index (χ2n) is 8.68. The molecule has 5 rings (SSSR count).